The fourth-order valence-electron chi connectivity index (χ4n) is 1.50. The molecule has 19 heavy (non-hydrogen) atoms. The fraction of sp³-hybridized carbons (Fsp3) is 0.538. The average molecular weight is 286 g/mol. The van der Waals surface area contributed by atoms with Crippen LogP contribution in [-0.2, 0) is 10.0 Å². The summed E-state index contributed by atoms with van der Waals surface area (Å²) in [4.78, 5) is 0.266. The maximum atomic E-state index is 11.8. The minimum atomic E-state index is -3.39. The van der Waals surface area contributed by atoms with Gasteiger partial charge in [-0.15, -0.1) is 0 Å². The van der Waals surface area contributed by atoms with Gasteiger partial charge in [-0.25, -0.2) is 13.1 Å². The number of hydrogen-bond acceptors (Lipinski definition) is 4. The van der Waals surface area contributed by atoms with Crippen molar-refractivity contribution in [3.63, 3.8) is 0 Å². The van der Waals surface area contributed by atoms with Gasteiger partial charge in [-0.2, -0.15) is 0 Å². The maximum absolute atomic E-state index is 11.8. The van der Waals surface area contributed by atoms with Crippen molar-refractivity contribution in [2.24, 2.45) is 0 Å². The van der Waals surface area contributed by atoms with E-state index in [4.69, 9.17) is 5.11 Å². The number of aliphatic hydroxyl groups is 1. The molecule has 1 aromatic carbocycles. The Bertz CT molecular complexity index is 469. The molecule has 3 N–H and O–H groups in total. The summed E-state index contributed by atoms with van der Waals surface area (Å²) in [6.07, 6.45) is 1.07. The lowest BCUT2D eigenvalue weighted by Crippen LogP contribution is -2.24. The predicted octanol–water partition coefficient (Wildman–Crippen LogP) is 1.56. The van der Waals surface area contributed by atoms with Crippen LogP contribution in [0.5, 0.6) is 0 Å². The number of rotatable bonds is 8. The van der Waals surface area contributed by atoms with Crippen LogP contribution in [0.1, 0.15) is 26.7 Å². The van der Waals surface area contributed by atoms with E-state index < -0.39 is 10.0 Å². The second kappa shape index (κ2) is 7.47. The van der Waals surface area contributed by atoms with Gasteiger partial charge in [0.05, 0.1) is 11.0 Å². The van der Waals surface area contributed by atoms with E-state index in [0.717, 1.165) is 12.1 Å². The van der Waals surface area contributed by atoms with Gasteiger partial charge in [-0.1, -0.05) is 6.92 Å². The molecule has 0 aliphatic rings. The molecule has 6 heteroatoms. The molecule has 108 valence electrons. The summed E-state index contributed by atoms with van der Waals surface area (Å²) < 4.78 is 26.2. The molecule has 0 radical (unpaired) electrons. The van der Waals surface area contributed by atoms with Crippen molar-refractivity contribution in [2.75, 3.05) is 18.4 Å². The zero-order chi connectivity index (χ0) is 14.3. The molecule has 1 rings (SSSR count). The monoisotopic (exact) mass is 286 g/mol. The molecule has 0 aliphatic heterocycles. The van der Waals surface area contributed by atoms with Crippen molar-refractivity contribution in [2.45, 2.75) is 37.7 Å². The number of sulfonamides is 1. The summed E-state index contributed by atoms with van der Waals surface area (Å²) in [5.74, 6) is 0. The second-order valence-electron chi connectivity index (χ2n) is 4.49. The molecule has 0 fully saturated rings. The minimum Gasteiger partial charge on any atom is -0.393 e. The van der Waals surface area contributed by atoms with Gasteiger partial charge in [0.2, 0.25) is 10.0 Å². The quantitative estimate of drug-likeness (QED) is 0.677. The fourth-order valence-corrected chi connectivity index (χ4v) is 2.63. The van der Waals surface area contributed by atoms with Crippen molar-refractivity contribution in [3.05, 3.63) is 24.3 Å². The van der Waals surface area contributed by atoms with Gasteiger partial charge in [0.25, 0.3) is 0 Å². The summed E-state index contributed by atoms with van der Waals surface area (Å²) in [5.41, 5.74) is 0.843. The maximum Gasteiger partial charge on any atom is 0.240 e. The van der Waals surface area contributed by atoms with E-state index in [0.29, 0.717) is 19.5 Å². The Hall–Kier alpha value is -1.11. The molecule has 5 nitrogen and oxygen atoms in total. The Labute approximate surface area is 115 Å². The van der Waals surface area contributed by atoms with E-state index in [1.165, 1.54) is 0 Å². The minimum absolute atomic E-state index is 0.266. The SMILES string of the molecule is CCCNS(=O)(=O)c1ccc(NCCC(C)O)cc1. The summed E-state index contributed by atoms with van der Waals surface area (Å²) >= 11 is 0. The molecule has 0 bridgehead atoms. The molecule has 0 aromatic heterocycles. The van der Waals surface area contributed by atoms with Gasteiger partial charge in [0.1, 0.15) is 0 Å². The molecule has 0 saturated carbocycles. The highest BCUT2D eigenvalue weighted by molar-refractivity contribution is 7.89. The Morgan fingerprint density at radius 3 is 2.37 bits per heavy atom. The summed E-state index contributed by atoms with van der Waals surface area (Å²) in [7, 11) is -3.39. The zero-order valence-corrected chi connectivity index (χ0v) is 12.2. The Morgan fingerprint density at radius 2 is 1.84 bits per heavy atom. The number of aliphatic hydroxyl groups excluding tert-OH is 1. The highest BCUT2D eigenvalue weighted by Crippen LogP contribution is 2.14. The van der Waals surface area contributed by atoms with E-state index in [-0.39, 0.29) is 11.0 Å². The first kappa shape index (κ1) is 15.9. The topological polar surface area (TPSA) is 78.4 Å². The third-order valence-electron chi connectivity index (χ3n) is 2.60. The van der Waals surface area contributed by atoms with Crippen LogP contribution in [0.3, 0.4) is 0 Å². The van der Waals surface area contributed by atoms with E-state index in [9.17, 15) is 8.42 Å². The Kier molecular flexibility index (Phi) is 6.27. The highest BCUT2D eigenvalue weighted by atomic mass is 32.2. The molecule has 1 atom stereocenters. The lowest BCUT2D eigenvalue weighted by atomic mass is 10.2. The molecule has 0 heterocycles. The lowest BCUT2D eigenvalue weighted by molar-refractivity contribution is 0.189. The van der Waals surface area contributed by atoms with Crippen LogP contribution >= 0.6 is 0 Å². The first-order chi connectivity index (χ1) is 8.95. The summed E-state index contributed by atoms with van der Waals surface area (Å²) in [5, 5.41) is 12.3. The number of nitrogens with one attached hydrogen (secondary N) is 2. The number of anilines is 1. The average Bonchev–Trinajstić information content (AvgIpc) is 2.37. The second-order valence-corrected chi connectivity index (χ2v) is 6.25. The van der Waals surface area contributed by atoms with Gasteiger partial charge in [-0.05, 0) is 44.0 Å². The molecule has 0 amide bonds. The van der Waals surface area contributed by atoms with E-state index in [2.05, 4.69) is 10.0 Å². The van der Waals surface area contributed by atoms with Crippen molar-refractivity contribution in [1.82, 2.24) is 4.72 Å². The molecule has 1 aromatic rings. The van der Waals surface area contributed by atoms with Crippen molar-refractivity contribution in [1.29, 1.82) is 0 Å². The van der Waals surface area contributed by atoms with Crippen LogP contribution in [0, 0.1) is 0 Å². The van der Waals surface area contributed by atoms with Crippen LogP contribution in [0.4, 0.5) is 5.69 Å². The van der Waals surface area contributed by atoms with Crippen LogP contribution in [-0.4, -0.2) is 32.7 Å². The Balaban J connectivity index is 2.60. The third kappa shape index (κ3) is 5.59. The number of hydrogen-bond donors (Lipinski definition) is 3. The molecular formula is C13H22N2O3S. The highest BCUT2D eigenvalue weighted by Gasteiger charge is 2.12. The molecule has 0 aliphatic carbocycles. The molecular weight excluding hydrogens is 264 g/mol. The van der Waals surface area contributed by atoms with Crippen LogP contribution in [0.2, 0.25) is 0 Å². The molecule has 1 unspecified atom stereocenters. The third-order valence-corrected chi connectivity index (χ3v) is 4.07. The van der Waals surface area contributed by atoms with Crippen LogP contribution < -0.4 is 10.0 Å². The predicted molar refractivity (Wildman–Crippen MR) is 76.7 cm³/mol. The van der Waals surface area contributed by atoms with Gasteiger partial charge < -0.3 is 10.4 Å². The summed E-state index contributed by atoms with van der Waals surface area (Å²) in [6, 6.07) is 6.59. The van der Waals surface area contributed by atoms with Gasteiger partial charge in [0.15, 0.2) is 0 Å². The molecule has 0 spiro atoms. The molecule has 0 saturated heterocycles. The Morgan fingerprint density at radius 1 is 1.21 bits per heavy atom. The normalized spacial score (nSPS) is 13.2. The van der Waals surface area contributed by atoms with Gasteiger partial charge in [0, 0.05) is 18.8 Å². The van der Waals surface area contributed by atoms with Crippen LogP contribution in [0.15, 0.2) is 29.2 Å². The van der Waals surface area contributed by atoms with E-state index in [1.54, 1.807) is 31.2 Å². The van der Waals surface area contributed by atoms with Crippen molar-refractivity contribution in [3.8, 4) is 0 Å². The van der Waals surface area contributed by atoms with Gasteiger partial charge in [-0.3, -0.25) is 0 Å². The first-order valence-corrected chi connectivity index (χ1v) is 7.95. The standard InChI is InChI=1S/C13H22N2O3S/c1-3-9-15-19(17,18)13-6-4-12(5-7-13)14-10-8-11(2)16/h4-7,11,14-16H,3,8-10H2,1-2H3. The van der Waals surface area contributed by atoms with Crippen LogP contribution in [0.25, 0.3) is 0 Å². The van der Waals surface area contributed by atoms with Crippen molar-refractivity contribution >= 4 is 15.7 Å². The zero-order valence-electron chi connectivity index (χ0n) is 11.4. The van der Waals surface area contributed by atoms with Gasteiger partial charge >= 0.3 is 0 Å². The van der Waals surface area contributed by atoms with E-state index >= 15 is 0 Å². The lowest BCUT2D eigenvalue weighted by Gasteiger charge is -2.09. The largest absolute Gasteiger partial charge is 0.393 e. The number of benzene rings is 1. The first-order valence-electron chi connectivity index (χ1n) is 6.47. The van der Waals surface area contributed by atoms with Crippen molar-refractivity contribution < 1.29 is 13.5 Å². The summed E-state index contributed by atoms with van der Waals surface area (Å²) in [6.45, 7) is 4.74. The smallest absolute Gasteiger partial charge is 0.240 e. The van der Waals surface area contributed by atoms with E-state index in [1.807, 2.05) is 6.92 Å².